The molecule has 2 amide bonds. The molecule has 2 atom stereocenters. The highest BCUT2D eigenvalue weighted by Gasteiger charge is 2.34. The standard InChI is InChI=1S/C19H19BrN6O3/c1-11-6-7-12(18-24-15(17(21)27)16(20)29-18)10-25(11)19(28)13-4-2-3-5-14(13)26-22-8-9-23-26/h2-5,8-9,11-12H,6-7,10H2,1H3,(H2,21,27). The molecular formula is C19H19BrN6O3. The van der Waals surface area contributed by atoms with Crippen LogP contribution in [0.2, 0.25) is 0 Å². The number of hydrogen-bond acceptors (Lipinski definition) is 6. The number of aromatic nitrogens is 4. The Labute approximate surface area is 175 Å². The zero-order valence-corrected chi connectivity index (χ0v) is 17.2. The normalized spacial score (nSPS) is 19.3. The predicted molar refractivity (Wildman–Crippen MR) is 107 cm³/mol. The van der Waals surface area contributed by atoms with Gasteiger partial charge in [-0.25, -0.2) is 4.98 Å². The minimum Gasteiger partial charge on any atom is -0.433 e. The first-order valence-corrected chi connectivity index (χ1v) is 9.97. The molecule has 1 aromatic carbocycles. The summed E-state index contributed by atoms with van der Waals surface area (Å²) in [6.07, 6.45) is 4.71. The van der Waals surface area contributed by atoms with Gasteiger partial charge >= 0.3 is 0 Å². The fraction of sp³-hybridized carbons (Fsp3) is 0.316. The number of carbonyl (C=O) groups excluding carboxylic acids is 2. The first-order chi connectivity index (χ1) is 14.0. The van der Waals surface area contributed by atoms with Gasteiger partial charge in [0.1, 0.15) is 0 Å². The number of benzene rings is 1. The minimum atomic E-state index is -0.662. The number of likely N-dealkylation sites (tertiary alicyclic amines) is 1. The van der Waals surface area contributed by atoms with E-state index in [9.17, 15) is 9.59 Å². The van der Waals surface area contributed by atoms with Gasteiger partial charge in [-0.3, -0.25) is 9.59 Å². The third-order valence-electron chi connectivity index (χ3n) is 5.10. The zero-order valence-electron chi connectivity index (χ0n) is 15.7. The highest BCUT2D eigenvalue weighted by Crippen LogP contribution is 2.33. The molecule has 0 aliphatic carbocycles. The summed E-state index contributed by atoms with van der Waals surface area (Å²) in [5.41, 5.74) is 6.52. The lowest BCUT2D eigenvalue weighted by Crippen LogP contribution is -2.45. The van der Waals surface area contributed by atoms with Gasteiger partial charge in [-0.2, -0.15) is 15.0 Å². The molecule has 150 valence electrons. The van der Waals surface area contributed by atoms with Crippen molar-refractivity contribution in [3.8, 4) is 5.69 Å². The Bertz CT molecular complexity index is 1050. The van der Waals surface area contributed by atoms with Crippen LogP contribution in [0.3, 0.4) is 0 Å². The molecule has 9 nitrogen and oxygen atoms in total. The van der Waals surface area contributed by atoms with Crippen molar-refractivity contribution in [2.75, 3.05) is 6.54 Å². The lowest BCUT2D eigenvalue weighted by molar-refractivity contribution is 0.0596. The van der Waals surface area contributed by atoms with Crippen LogP contribution in [0.15, 0.2) is 45.7 Å². The smallest absolute Gasteiger partial charge is 0.271 e. The van der Waals surface area contributed by atoms with E-state index >= 15 is 0 Å². The number of piperidine rings is 1. The second kappa shape index (κ2) is 7.78. The van der Waals surface area contributed by atoms with Crippen molar-refractivity contribution < 1.29 is 14.0 Å². The van der Waals surface area contributed by atoms with E-state index in [1.54, 1.807) is 23.4 Å². The number of halogens is 1. The van der Waals surface area contributed by atoms with Crippen LogP contribution in [0.4, 0.5) is 0 Å². The molecule has 1 fully saturated rings. The number of nitrogens with two attached hydrogens (primary N) is 1. The maximum absolute atomic E-state index is 13.4. The van der Waals surface area contributed by atoms with Crippen LogP contribution in [-0.2, 0) is 0 Å². The Kier molecular flexibility index (Phi) is 5.18. The third-order valence-corrected chi connectivity index (χ3v) is 5.63. The minimum absolute atomic E-state index is 0.0476. The number of primary amides is 1. The number of para-hydroxylation sites is 1. The van der Waals surface area contributed by atoms with Gasteiger partial charge in [-0.15, -0.1) is 0 Å². The van der Waals surface area contributed by atoms with E-state index in [0.717, 1.165) is 12.8 Å². The maximum atomic E-state index is 13.4. The van der Waals surface area contributed by atoms with Crippen LogP contribution in [0, 0.1) is 0 Å². The highest BCUT2D eigenvalue weighted by molar-refractivity contribution is 9.10. The van der Waals surface area contributed by atoms with Crippen LogP contribution in [0.25, 0.3) is 5.69 Å². The van der Waals surface area contributed by atoms with Crippen LogP contribution < -0.4 is 5.73 Å². The quantitative estimate of drug-likeness (QED) is 0.640. The van der Waals surface area contributed by atoms with E-state index in [2.05, 4.69) is 31.1 Å². The van der Waals surface area contributed by atoms with E-state index in [1.807, 2.05) is 25.1 Å². The summed E-state index contributed by atoms with van der Waals surface area (Å²) < 4.78 is 5.82. The van der Waals surface area contributed by atoms with Gasteiger partial charge in [0, 0.05) is 12.6 Å². The summed E-state index contributed by atoms with van der Waals surface area (Å²) in [5.74, 6) is -0.507. The average Bonchev–Trinajstić information content (AvgIpc) is 3.38. The van der Waals surface area contributed by atoms with Crippen molar-refractivity contribution in [1.82, 2.24) is 24.9 Å². The maximum Gasteiger partial charge on any atom is 0.271 e. The lowest BCUT2D eigenvalue weighted by Gasteiger charge is -2.37. The van der Waals surface area contributed by atoms with E-state index in [0.29, 0.717) is 23.7 Å². The molecule has 0 bridgehead atoms. The molecule has 0 radical (unpaired) electrons. The second-order valence-corrected chi connectivity index (χ2v) is 7.68. The molecule has 29 heavy (non-hydrogen) atoms. The van der Waals surface area contributed by atoms with Crippen LogP contribution >= 0.6 is 15.9 Å². The van der Waals surface area contributed by atoms with Crippen LogP contribution in [0.1, 0.15) is 52.4 Å². The molecule has 3 aromatic rings. The molecule has 1 aliphatic rings. The van der Waals surface area contributed by atoms with Gasteiger partial charge in [0.2, 0.25) is 10.6 Å². The summed E-state index contributed by atoms with van der Waals surface area (Å²) in [7, 11) is 0. The SMILES string of the molecule is CC1CCC(c2nc(C(N)=O)c(Br)o2)CN1C(=O)c1ccccc1-n1nccn1. The molecule has 4 rings (SSSR count). The molecule has 3 heterocycles. The summed E-state index contributed by atoms with van der Waals surface area (Å²) in [6, 6.07) is 7.28. The number of hydrogen-bond donors (Lipinski definition) is 1. The van der Waals surface area contributed by atoms with Crippen molar-refractivity contribution in [1.29, 1.82) is 0 Å². The van der Waals surface area contributed by atoms with Crippen LogP contribution in [-0.4, -0.2) is 49.3 Å². The van der Waals surface area contributed by atoms with Crippen molar-refractivity contribution in [2.45, 2.75) is 31.7 Å². The summed E-state index contributed by atoms with van der Waals surface area (Å²) >= 11 is 3.18. The van der Waals surface area contributed by atoms with E-state index < -0.39 is 5.91 Å². The fourth-order valence-electron chi connectivity index (χ4n) is 3.56. The number of nitrogens with zero attached hydrogens (tertiary/aromatic N) is 5. The van der Waals surface area contributed by atoms with E-state index in [4.69, 9.17) is 10.2 Å². The first-order valence-electron chi connectivity index (χ1n) is 9.18. The number of rotatable bonds is 4. The van der Waals surface area contributed by atoms with E-state index in [1.165, 1.54) is 4.80 Å². The van der Waals surface area contributed by atoms with Crippen molar-refractivity contribution in [3.05, 3.63) is 58.5 Å². The van der Waals surface area contributed by atoms with Crippen molar-refractivity contribution >= 4 is 27.7 Å². The van der Waals surface area contributed by atoms with Crippen LogP contribution in [0.5, 0.6) is 0 Å². The largest absolute Gasteiger partial charge is 0.433 e. The van der Waals surface area contributed by atoms with Gasteiger partial charge in [0.05, 0.1) is 29.6 Å². The Morgan fingerprint density at radius 2 is 1.93 bits per heavy atom. The Hall–Kier alpha value is -3.01. The summed E-state index contributed by atoms with van der Waals surface area (Å²) in [4.78, 5) is 32.3. The number of amides is 2. The topological polar surface area (TPSA) is 120 Å². The fourth-order valence-corrected chi connectivity index (χ4v) is 4.01. The molecule has 1 aliphatic heterocycles. The Balaban J connectivity index is 1.62. The van der Waals surface area contributed by atoms with E-state index in [-0.39, 0.29) is 28.2 Å². The molecule has 0 saturated carbocycles. The average molecular weight is 459 g/mol. The Morgan fingerprint density at radius 1 is 1.21 bits per heavy atom. The van der Waals surface area contributed by atoms with Gasteiger partial charge in [-0.1, -0.05) is 12.1 Å². The summed E-state index contributed by atoms with van der Waals surface area (Å²) in [5, 5.41) is 8.29. The highest BCUT2D eigenvalue weighted by atomic mass is 79.9. The Morgan fingerprint density at radius 3 is 2.62 bits per heavy atom. The number of carbonyl (C=O) groups is 2. The summed E-state index contributed by atoms with van der Waals surface area (Å²) in [6.45, 7) is 2.44. The monoisotopic (exact) mass is 458 g/mol. The number of oxazole rings is 1. The van der Waals surface area contributed by atoms with Gasteiger partial charge in [0.25, 0.3) is 11.8 Å². The van der Waals surface area contributed by atoms with Gasteiger partial charge in [-0.05, 0) is 47.8 Å². The van der Waals surface area contributed by atoms with Crippen molar-refractivity contribution in [2.24, 2.45) is 5.73 Å². The molecule has 0 spiro atoms. The predicted octanol–water partition coefficient (Wildman–Crippen LogP) is 2.53. The van der Waals surface area contributed by atoms with Gasteiger partial charge in [0.15, 0.2) is 5.69 Å². The molecular weight excluding hydrogens is 440 g/mol. The molecule has 2 aromatic heterocycles. The molecule has 1 saturated heterocycles. The third kappa shape index (κ3) is 3.67. The van der Waals surface area contributed by atoms with Gasteiger partial charge < -0.3 is 15.1 Å². The molecule has 10 heteroatoms. The zero-order chi connectivity index (χ0) is 20.5. The lowest BCUT2D eigenvalue weighted by atomic mass is 9.92. The first kappa shape index (κ1) is 19.3. The van der Waals surface area contributed by atoms with Crippen molar-refractivity contribution in [3.63, 3.8) is 0 Å². The molecule has 2 N–H and O–H groups in total. The second-order valence-electron chi connectivity index (χ2n) is 6.96. The molecule has 2 unspecified atom stereocenters.